The molecule has 0 saturated heterocycles. The third kappa shape index (κ3) is 5.11. The van der Waals surface area contributed by atoms with Crippen LogP contribution in [-0.2, 0) is 17.8 Å². The minimum Gasteiger partial charge on any atom is -0.441 e. The molecule has 0 atom stereocenters. The standard InChI is InChI=1S/C20H21N3O3/c21-20(24)25-14-18-13-19(23-26-18)16-8-10-17(11-9-16)22-12-4-7-15-5-2-1-3-6-15/h1-3,5-6,8-11,13,22H,4,7,12,14H2,(H2,21,24). The summed E-state index contributed by atoms with van der Waals surface area (Å²) in [6.07, 6.45) is 1.28. The van der Waals surface area contributed by atoms with Gasteiger partial charge in [0, 0.05) is 23.9 Å². The third-order valence-corrected chi connectivity index (χ3v) is 3.91. The Morgan fingerprint density at radius 3 is 2.62 bits per heavy atom. The number of carbonyl (C=O) groups excluding carboxylic acids is 1. The lowest BCUT2D eigenvalue weighted by molar-refractivity contribution is 0.137. The van der Waals surface area contributed by atoms with Crippen molar-refractivity contribution in [3.8, 4) is 11.3 Å². The predicted molar refractivity (Wildman–Crippen MR) is 99.6 cm³/mol. The number of hydrogen-bond acceptors (Lipinski definition) is 5. The van der Waals surface area contributed by atoms with Crippen LogP contribution in [0.5, 0.6) is 0 Å². The summed E-state index contributed by atoms with van der Waals surface area (Å²) in [5, 5.41) is 7.39. The van der Waals surface area contributed by atoms with Gasteiger partial charge in [0.15, 0.2) is 12.4 Å². The molecule has 1 aromatic heterocycles. The van der Waals surface area contributed by atoms with Crippen molar-refractivity contribution in [1.29, 1.82) is 0 Å². The molecule has 6 nitrogen and oxygen atoms in total. The highest BCUT2D eigenvalue weighted by Crippen LogP contribution is 2.21. The molecule has 0 unspecified atom stereocenters. The summed E-state index contributed by atoms with van der Waals surface area (Å²) >= 11 is 0. The van der Waals surface area contributed by atoms with Crippen molar-refractivity contribution in [3.05, 3.63) is 72.0 Å². The van der Waals surface area contributed by atoms with Crippen molar-refractivity contribution in [3.63, 3.8) is 0 Å². The number of amides is 1. The van der Waals surface area contributed by atoms with Crippen LogP contribution in [0.15, 0.2) is 65.2 Å². The molecule has 1 heterocycles. The van der Waals surface area contributed by atoms with Crippen LogP contribution in [0, 0.1) is 0 Å². The Balaban J connectivity index is 1.48. The van der Waals surface area contributed by atoms with E-state index in [9.17, 15) is 4.79 Å². The summed E-state index contributed by atoms with van der Waals surface area (Å²) in [4.78, 5) is 10.6. The highest BCUT2D eigenvalue weighted by molar-refractivity contribution is 5.65. The topological polar surface area (TPSA) is 90.4 Å². The van der Waals surface area contributed by atoms with E-state index >= 15 is 0 Å². The average molecular weight is 351 g/mol. The van der Waals surface area contributed by atoms with Crippen molar-refractivity contribution in [2.45, 2.75) is 19.4 Å². The van der Waals surface area contributed by atoms with Crippen LogP contribution >= 0.6 is 0 Å². The van der Waals surface area contributed by atoms with Crippen LogP contribution in [0.1, 0.15) is 17.7 Å². The lowest BCUT2D eigenvalue weighted by Gasteiger charge is -2.07. The molecule has 0 aliphatic rings. The fraction of sp³-hybridized carbons (Fsp3) is 0.200. The molecule has 0 saturated carbocycles. The summed E-state index contributed by atoms with van der Waals surface area (Å²) in [5.41, 5.74) is 8.95. The van der Waals surface area contributed by atoms with Gasteiger partial charge in [-0.05, 0) is 30.5 Å². The summed E-state index contributed by atoms with van der Waals surface area (Å²) < 4.78 is 9.80. The zero-order valence-electron chi connectivity index (χ0n) is 14.4. The summed E-state index contributed by atoms with van der Waals surface area (Å²) in [6.45, 7) is 0.885. The fourth-order valence-electron chi connectivity index (χ4n) is 2.59. The molecule has 0 fully saturated rings. The molecule has 3 rings (SSSR count). The average Bonchev–Trinajstić information content (AvgIpc) is 3.14. The third-order valence-electron chi connectivity index (χ3n) is 3.91. The van der Waals surface area contributed by atoms with Crippen LogP contribution in [0.25, 0.3) is 11.3 Å². The molecule has 6 heteroatoms. The quantitative estimate of drug-likeness (QED) is 0.599. The Morgan fingerprint density at radius 2 is 1.88 bits per heavy atom. The maximum Gasteiger partial charge on any atom is 0.404 e. The number of nitrogens with two attached hydrogens (primary N) is 1. The van der Waals surface area contributed by atoms with Gasteiger partial charge < -0.3 is 20.3 Å². The highest BCUT2D eigenvalue weighted by Gasteiger charge is 2.08. The highest BCUT2D eigenvalue weighted by atomic mass is 16.6. The van der Waals surface area contributed by atoms with E-state index in [1.165, 1.54) is 5.56 Å². The van der Waals surface area contributed by atoms with Gasteiger partial charge in [-0.15, -0.1) is 0 Å². The number of carbonyl (C=O) groups is 1. The second kappa shape index (κ2) is 8.71. The van der Waals surface area contributed by atoms with E-state index in [-0.39, 0.29) is 6.61 Å². The van der Waals surface area contributed by atoms with Crippen molar-refractivity contribution < 1.29 is 14.1 Å². The van der Waals surface area contributed by atoms with E-state index in [4.69, 9.17) is 10.3 Å². The minimum atomic E-state index is -0.842. The Kier molecular flexibility index (Phi) is 5.88. The molecule has 1 amide bonds. The lowest BCUT2D eigenvalue weighted by Crippen LogP contribution is -2.12. The number of nitrogens with one attached hydrogen (secondary N) is 1. The molecular formula is C20H21N3O3. The van der Waals surface area contributed by atoms with E-state index in [2.05, 4.69) is 39.5 Å². The van der Waals surface area contributed by atoms with E-state index in [1.54, 1.807) is 6.07 Å². The van der Waals surface area contributed by atoms with Gasteiger partial charge in [0.2, 0.25) is 0 Å². The maximum absolute atomic E-state index is 10.6. The molecule has 26 heavy (non-hydrogen) atoms. The summed E-state index contributed by atoms with van der Waals surface area (Å²) in [5.74, 6) is 0.446. The Morgan fingerprint density at radius 1 is 1.12 bits per heavy atom. The number of anilines is 1. The fourth-order valence-corrected chi connectivity index (χ4v) is 2.59. The number of ether oxygens (including phenoxy) is 1. The van der Waals surface area contributed by atoms with Crippen LogP contribution in [0.3, 0.4) is 0 Å². The van der Waals surface area contributed by atoms with E-state index < -0.39 is 6.09 Å². The van der Waals surface area contributed by atoms with Crippen molar-refractivity contribution in [1.82, 2.24) is 5.16 Å². The predicted octanol–water partition coefficient (Wildman–Crippen LogP) is 3.98. The number of benzene rings is 2. The zero-order chi connectivity index (χ0) is 18.2. The normalized spacial score (nSPS) is 10.5. The molecule has 3 N–H and O–H groups in total. The van der Waals surface area contributed by atoms with Gasteiger partial charge in [-0.2, -0.15) is 0 Å². The summed E-state index contributed by atoms with van der Waals surface area (Å²) in [7, 11) is 0. The van der Waals surface area contributed by atoms with Gasteiger partial charge in [-0.25, -0.2) is 4.79 Å². The monoisotopic (exact) mass is 351 g/mol. The van der Waals surface area contributed by atoms with E-state index in [0.29, 0.717) is 11.5 Å². The number of aromatic nitrogens is 1. The number of nitrogens with zero attached hydrogens (tertiary/aromatic N) is 1. The van der Waals surface area contributed by atoms with Gasteiger partial charge in [0.1, 0.15) is 5.69 Å². The number of hydrogen-bond donors (Lipinski definition) is 2. The Labute approximate surface area is 152 Å². The molecule has 0 radical (unpaired) electrons. The second-order valence-corrected chi connectivity index (χ2v) is 5.88. The van der Waals surface area contributed by atoms with Crippen molar-refractivity contribution in [2.24, 2.45) is 5.73 Å². The molecular weight excluding hydrogens is 330 g/mol. The maximum atomic E-state index is 10.6. The smallest absolute Gasteiger partial charge is 0.404 e. The first-order chi connectivity index (χ1) is 12.7. The van der Waals surface area contributed by atoms with Gasteiger partial charge >= 0.3 is 6.09 Å². The van der Waals surface area contributed by atoms with Crippen LogP contribution in [0.2, 0.25) is 0 Å². The number of primary amides is 1. The van der Waals surface area contributed by atoms with Crippen LogP contribution < -0.4 is 11.1 Å². The van der Waals surface area contributed by atoms with Gasteiger partial charge in [-0.1, -0.05) is 47.6 Å². The summed E-state index contributed by atoms with van der Waals surface area (Å²) in [6, 6.07) is 20.1. The Bertz CT molecular complexity index is 829. The van der Waals surface area contributed by atoms with Gasteiger partial charge in [0.05, 0.1) is 0 Å². The van der Waals surface area contributed by atoms with Crippen LogP contribution in [-0.4, -0.2) is 17.8 Å². The van der Waals surface area contributed by atoms with E-state index in [0.717, 1.165) is 30.6 Å². The van der Waals surface area contributed by atoms with Gasteiger partial charge in [-0.3, -0.25) is 0 Å². The Hall–Kier alpha value is -3.28. The molecule has 0 aliphatic heterocycles. The van der Waals surface area contributed by atoms with Crippen molar-refractivity contribution >= 4 is 11.8 Å². The SMILES string of the molecule is NC(=O)OCc1cc(-c2ccc(NCCCc3ccccc3)cc2)no1. The van der Waals surface area contributed by atoms with Crippen molar-refractivity contribution in [2.75, 3.05) is 11.9 Å². The molecule has 3 aromatic rings. The molecule has 2 aromatic carbocycles. The van der Waals surface area contributed by atoms with E-state index in [1.807, 2.05) is 30.3 Å². The molecule has 0 spiro atoms. The lowest BCUT2D eigenvalue weighted by atomic mass is 10.1. The molecule has 0 bridgehead atoms. The first-order valence-corrected chi connectivity index (χ1v) is 8.47. The van der Waals surface area contributed by atoms with Crippen LogP contribution in [0.4, 0.5) is 10.5 Å². The largest absolute Gasteiger partial charge is 0.441 e. The second-order valence-electron chi connectivity index (χ2n) is 5.88. The first kappa shape index (κ1) is 17.5. The molecule has 134 valence electrons. The first-order valence-electron chi connectivity index (χ1n) is 8.47. The number of aryl methyl sites for hydroxylation is 1. The molecule has 0 aliphatic carbocycles. The number of rotatable bonds is 8. The zero-order valence-corrected chi connectivity index (χ0v) is 14.4. The minimum absolute atomic E-state index is 0.0244. The van der Waals surface area contributed by atoms with Gasteiger partial charge in [0.25, 0.3) is 0 Å².